The lowest BCUT2D eigenvalue weighted by atomic mass is 10.2. The first-order valence-electron chi connectivity index (χ1n) is 7.15. The minimum atomic E-state index is 0.197. The number of fused-ring (bicyclic) bond motifs is 1. The zero-order valence-electron chi connectivity index (χ0n) is 12.2. The number of aryl methyl sites for hydroxylation is 1. The Kier molecular flexibility index (Phi) is 4.48. The first-order valence-corrected chi connectivity index (χ1v) is 8.82. The van der Waals surface area contributed by atoms with Crippen LogP contribution in [0.4, 0.5) is 0 Å². The summed E-state index contributed by atoms with van der Waals surface area (Å²) in [4.78, 5) is 1.42. The fourth-order valence-electron chi connectivity index (χ4n) is 2.43. The maximum atomic E-state index is 5.93. The van der Waals surface area contributed by atoms with Crippen LogP contribution in [0, 0.1) is 0 Å². The van der Waals surface area contributed by atoms with E-state index >= 15 is 0 Å². The highest BCUT2D eigenvalue weighted by Crippen LogP contribution is 2.27. The molecule has 1 atom stereocenters. The zero-order chi connectivity index (χ0) is 14.8. The van der Waals surface area contributed by atoms with E-state index in [1.807, 2.05) is 23.5 Å². The summed E-state index contributed by atoms with van der Waals surface area (Å²) in [5, 5.41) is 6.86. The Morgan fingerprint density at radius 3 is 2.95 bits per heavy atom. The highest BCUT2D eigenvalue weighted by Gasteiger charge is 2.12. The summed E-state index contributed by atoms with van der Waals surface area (Å²) in [6.07, 6.45) is 1.09. The molecule has 3 rings (SSSR count). The van der Waals surface area contributed by atoms with Crippen molar-refractivity contribution in [1.82, 2.24) is 5.32 Å². The fraction of sp³-hybridized carbons (Fsp3) is 0.294. The topological polar surface area (TPSA) is 25.2 Å². The SMILES string of the molecule is CCc1ccsc1CNC(C)c1cc2cc(Br)ccc2o1. The summed E-state index contributed by atoms with van der Waals surface area (Å²) < 4.78 is 7.01. The lowest BCUT2D eigenvalue weighted by Gasteiger charge is -2.11. The molecule has 0 aliphatic carbocycles. The Bertz CT molecular complexity index is 746. The number of benzene rings is 1. The van der Waals surface area contributed by atoms with Crippen LogP contribution in [0.25, 0.3) is 11.0 Å². The van der Waals surface area contributed by atoms with E-state index < -0.39 is 0 Å². The predicted molar refractivity (Wildman–Crippen MR) is 92.9 cm³/mol. The maximum Gasteiger partial charge on any atom is 0.134 e. The first-order chi connectivity index (χ1) is 10.2. The molecule has 3 aromatic rings. The fourth-order valence-corrected chi connectivity index (χ4v) is 3.74. The van der Waals surface area contributed by atoms with Crippen LogP contribution in [0.2, 0.25) is 0 Å². The molecule has 21 heavy (non-hydrogen) atoms. The molecule has 1 aromatic carbocycles. The summed E-state index contributed by atoms with van der Waals surface area (Å²) >= 11 is 5.31. The van der Waals surface area contributed by atoms with Gasteiger partial charge in [-0.1, -0.05) is 22.9 Å². The quantitative estimate of drug-likeness (QED) is 0.631. The van der Waals surface area contributed by atoms with Gasteiger partial charge in [-0.25, -0.2) is 0 Å². The number of nitrogens with one attached hydrogen (secondary N) is 1. The number of furan rings is 1. The molecule has 0 aliphatic heterocycles. The monoisotopic (exact) mass is 363 g/mol. The van der Waals surface area contributed by atoms with Crippen molar-refractivity contribution >= 4 is 38.2 Å². The van der Waals surface area contributed by atoms with Gasteiger partial charge in [-0.05, 0) is 54.6 Å². The van der Waals surface area contributed by atoms with E-state index in [4.69, 9.17) is 4.42 Å². The predicted octanol–water partition coefficient (Wildman–Crippen LogP) is 5.67. The molecule has 1 unspecified atom stereocenters. The molecular formula is C17H18BrNOS. The standard InChI is InChI=1S/C17H18BrNOS/c1-3-12-6-7-21-17(12)10-19-11(2)16-9-13-8-14(18)4-5-15(13)20-16/h4-9,11,19H,3,10H2,1-2H3. The molecule has 0 fully saturated rings. The molecule has 0 saturated heterocycles. The van der Waals surface area contributed by atoms with Gasteiger partial charge < -0.3 is 9.73 Å². The molecule has 0 spiro atoms. The summed E-state index contributed by atoms with van der Waals surface area (Å²) in [6, 6.07) is 10.6. The number of thiophene rings is 1. The second-order valence-electron chi connectivity index (χ2n) is 5.16. The van der Waals surface area contributed by atoms with Crippen LogP contribution in [0.3, 0.4) is 0 Å². The van der Waals surface area contributed by atoms with E-state index in [0.717, 1.165) is 34.2 Å². The highest BCUT2D eigenvalue weighted by atomic mass is 79.9. The van der Waals surface area contributed by atoms with Crippen molar-refractivity contribution in [3.8, 4) is 0 Å². The van der Waals surface area contributed by atoms with E-state index in [-0.39, 0.29) is 6.04 Å². The third-order valence-corrected chi connectivity index (χ3v) is 5.17. The molecular weight excluding hydrogens is 346 g/mol. The third kappa shape index (κ3) is 3.23. The third-order valence-electron chi connectivity index (χ3n) is 3.71. The summed E-state index contributed by atoms with van der Waals surface area (Å²) in [5.41, 5.74) is 2.38. The molecule has 2 nitrogen and oxygen atoms in total. The van der Waals surface area contributed by atoms with Crippen LogP contribution in [-0.4, -0.2) is 0 Å². The van der Waals surface area contributed by atoms with E-state index in [2.05, 4.69) is 58.7 Å². The van der Waals surface area contributed by atoms with Crippen molar-refractivity contribution in [2.45, 2.75) is 32.9 Å². The Labute approximate surface area is 137 Å². The summed E-state index contributed by atoms with van der Waals surface area (Å²) in [6.45, 7) is 5.24. The van der Waals surface area contributed by atoms with Gasteiger partial charge in [-0.2, -0.15) is 0 Å². The Hall–Kier alpha value is -1.10. The van der Waals surface area contributed by atoms with E-state index in [9.17, 15) is 0 Å². The number of hydrogen-bond acceptors (Lipinski definition) is 3. The van der Waals surface area contributed by atoms with Gasteiger partial charge in [0, 0.05) is 21.3 Å². The van der Waals surface area contributed by atoms with Crippen LogP contribution >= 0.6 is 27.3 Å². The van der Waals surface area contributed by atoms with E-state index in [1.54, 1.807) is 0 Å². The average molecular weight is 364 g/mol. The lowest BCUT2D eigenvalue weighted by molar-refractivity contribution is 0.451. The van der Waals surface area contributed by atoms with Gasteiger partial charge in [0.2, 0.25) is 0 Å². The Morgan fingerprint density at radius 2 is 2.14 bits per heavy atom. The van der Waals surface area contributed by atoms with Crippen LogP contribution in [0.1, 0.15) is 36.1 Å². The van der Waals surface area contributed by atoms with Crippen LogP contribution < -0.4 is 5.32 Å². The number of halogens is 1. The molecule has 0 amide bonds. The van der Waals surface area contributed by atoms with Crippen molar-refractivity contribution in [3.05, 3.63) is 56.4 Å². The van der Waals surface area contributed by atoms with Crippen molar-refractivity contribution < 1.29 is 4.42 Å². The van der Waals surface area contributed by atoms with E-state index in [0.29, 0.717) is 0 Å². The average Bonchev–Trinajstić information content (AvgIpc) is 3.10. The van der Waals surface area contributed by atoms with Crippen molar-refractivity contribution in [1.29, 1.82) is 0 Å². The van der Waals surface area contributed by atoms with Crippen LogP contribution in [-0.2, 0) is 13.0 Å². The molecule has 0 bridgehead atoms. The molecule has 2 aromatic heterocycles. The Balaban J connectivity index is 1.73. The smallest absolute Gasteiger partial charge is 0.134 e. The Morgan fingerprint density at radius 1 is 1.29 bits per heavy atom. The summed E-state index contributed by atoms with van der Waals surface area (Å²) in [7, 11) is 0. The minimum absolute atomic E-state index is 0.197. The lowest BCUT2D eigenvalue weighted by Crippen LogP contribution is -2.17. The maximum absolute atomic E-state index is 5.93. The van der Waals surface area contributed by atoms with Gasteiger partial charge in [0.25, 0.3) is 0 Å². The van der Waals surface area contributed by atoms with Crippen molar-refractivity contribution in [3.63, 3.8) is 0 Å². The molecule has 0 saturated carbocycles. The van der Waals surface area contributed by atoms with Gasteiger partial charge in [0.1, 0.15) is 11.3 Å². The second kappa shape index (κ2) is 6.34. The first kappa shape index (κ1) is 14.8. The largest absolute Gasteiger partial charge is 0.459 e. The van der Waals surface area contributed by atoms with Crippen molar-refractivity contribution in [2.24, 2.45) is 0 Å². The second-order valence-corrected chi connectivity index (χ2v) is 7.07. The molecule has 0 aliphatic rings. The van der Waals surface area contributed by atoms with Crippen molar-refractivity contribution in [2.75, 3.05) is 0 Å². The molecule has 0 radical (unpaired) electrons. The molecule has 110 valence electrons. The van der Waals surface area contributed by atoms with Gasteiger partial charge >= 0.3 is 0 Å². The molecule has 4 heteroatoms. The minimum Gasteiger partial charge on any atom is -0.459 e. The normalized spacial score (nSPS) is 12.9. The zero-order valence-corrected chi connectivity index (χ0v) is 14.6. The van der Waals surface area contributed by atoms with Gasteiger partial charge in [-0.15, -0.1) is 11.3 Å². The summed E-state index contributed by atoms with van der Waals surface area (Å²) in [5.74, 6) is 0.984. The molecule has 1 N–H and O–H groups in total. The van der Waals surface area contributed by atoms with Gasteiger partial charge in [-0.3, -0.25) is 0 Å². The number of hydrogen-bond donors (Lipinski definition) is 1. The van der Waals surface area contributed by atoms with Gasteiger partial charge in [0.05, 0.1) is 6.04 Å². The highest BCUT2D eigenvalue weighted by molar-refractivity contribution is 9.10. The molecule has 2 heterocycles. The van der Waals surface area contributed by atoms with Crippen LogP contribution in [0.5, 0.6) is 0 Å². The van der Waals surface area contributed by atoms with Gasteiger partial charge in [0.15, 0.2) is 0 Å². The number of rotatable bonds is 5. The van der Waals surface area contributed by atoms with Crippen LogP contribution in [0.15, 0.2) is 44.6 Å². The van der Waals surface area contributed by atoms with E-state index in [1.165, 1.54) is 10.4 Å².